The van der Waals surface area contributed by atoms with Gasteiger partial charge in [-0.1, -0.05) is 0 Å². The highest BCUT2D eigenvalue weighted by atomic mass is 79.9. The minimum atomic E-state index is 0.374. The lowest BCUT2D eigenvalue weighted by Gasteiger charge is -2.25. The topological polar surface area (TPSA) is 12.5 Å². The summed E-state index contributed by atoms with van der Waals surface area (Å²) in [4.78, 5) is 3.80. The van der Waals surface area contributed by atoms with Crippen LogP contribution in [0.15, 0.2) is 15.9 Å². The minimum absolute atomic E-state index is 0.374. The second-order valence-corrected chi connectivity index (χ2v) is 5.99. The maximum absolute atomic E-state index is 5.58. The van der Waals surface area contributed by atoms with Crippen LogP contribution in [0.4, 0.5) is 0 Å². The van der Waals surface area contributed by atoms with Crippen molar-refractivity contribution >= 4 is 27.3 Å². The quantitative estimate of drug-likeness (QED) is 0.848. The average molecular weight is 290 g/mol. The van der Waals surface area contributed by atoms with Crippen LogP contribution in [0.25, 0.3) is 0 Å². The Balaban J connectivity index is 1.94. The third kappa shape index (κ3) is 2.81. The molecule has 0 aliphatic carbocycles. The van der Waals surface area contributed by atoms with E-state index >= 15 is 0 Å². The molecule has 2 atom stereocenters. The zero-order valence-corrected chi connectivity index (χ0v) is 11.5. The second kappa shape index (κ2) is 4.95. The van der Waals surface area contributed by atoms with E-state index in [9.17, 15) is 0 Å². The van der Waals surface area contributed by atoms with E-state index in [1.807, 2.05) is 11.3 Å². The predicted octanol–water partition coefficient (Wildman–Crippen LogP) is 3.12. The number of thiophene rings is 1. The van der Waals surface area contributed by atoms with Gasteiger partial charge in [0.2, 0.25) is 0 Å². The van der Waals surface area contributed by atoms with Gasteiger partial charge in [-0.15, -0.1) is 11.3 Å². The number of rotatable bonds is 3. The summed E-state index contributed by atoms with van der Waals surface area (Å²) in [6, 6.07) is 2.77. The van der Waals surface area contributed by atoms with Gasteiger partial charge < -0.3 is 4.74 Å². The third-order valence-electron chi connectivity index (χ3n) is 2.93. The molecule has 2 unspecified atom stereocenters. The third-order valence-corrected chi connectivity index (χ3v) is 4.61. The molecule has 1 saturated heterocycles. The molecule has 1 aromatic heterocycles. The summed E-state index contributed by atoms with van der Waals surface area (Å²) in [6.07, 6.45) is 1.53. The van der Waals surface area contributed by atoms with E-state index in [1.54, 1.807) is 0 Å². The Kier molecular flexibility index (Phi) is 3.83. The lowest BCUT2D eigenvalue weighted by Crippen LogP contribution is -2.35. The standard InChI is InChI=1S/C11H16BrNOS/c1-8-11(3-4-14-8)13(2)6-10-5-9(12)7-15-10/h5,7-8,11H,3-4,6H2,1-2H3. The summed E-state index contributed by atoms with van der Waals surface area (Å²) in [5, 5.41) is 2.14. The smallest absolute Gasteiger partial charge is 0.0703 e. The molecule has 15 heavy (non-hydrogen) atoms. The van der Waals surface area contributed by atoms with Crippen molar-refractivity contribution in [2.75, 3.05) is 13.7 Å². The van der Waals surface area contributed by atoms with Gasteiger partial charge in [-0.05, 0) is 42.4 Å². The van der Waals surface area contributed by atoms with Crippen LogP contribution in [0, 0.1) is 0 Å². The van der Waals surface area contributed by atoms with E-state index in [-0.39, 0.29) is 0 Å². The molecule has 84 valence electrons. The molecule has 2 heterocycles. The Bertz CT molecular complexity index is 328. The van der Waals surface area contributed by atoms with E-state index in [0.717, 1.165) is 19.6 Å². The molecule has 0 amide bonds. The van der Waals surface area contributed by atoms with Crippen LogP contribution in [0.1, 0.15) is 18.2 Å². The van der Waals surface area contributed by atoms with E-state index in [1.165, 1.54) is 9.35 Å². The number of hydrogen-bond donors (Lipinski definition) is 0. The average Bonchev–Trinajstić information content (AvgIpc) is 2.75. The molecule has 0 radical (unpaired) electrons. The first-order valence-electron chi connectivity index (χ1n) is 5.21. The van der Waals surface area contributed by atoms with E-state index in [2.05, 4.69) is 46.2 Å². The van der Waals surface area contributed by atoms with Gasteiger partial charge in [0.1, 0.15) is 0 Å². The van der Waals surface area contributed by atoms with Crippen LogP contribution in [0.2, 0.25) is 0 Å². The van der Waals surface area contributed by atoms with E-state index in [4.69, 9.17) is 4.74 Å². The molecule has 4 heteroatoms. The molecular weight excluding hydrogens is 274 g/mol. The Labute approximate surface area is 103 Å². The van der Waals surface area contributed by atoms with E-state index < -0.39 is 0 Å². The van der Waals surface area contributed by atoms with Crippen molar-refractivity contribution in [1.29, 1.82) is 0 Å². The fraction of sp³-hybridized carbons (Fsp3) is 0.636. The summed E-state index contributed by atoms with van der Waals surface area (Å²) >= 11 is 5.29. The predicted molar refractivity (Wildman–Crippen MR) is 67.3 cm³/mol. The monoisotopic (exact) mass is 289 g/mol. The number of ether oxygens (including phenoxy) is 1. The first-order chi connectivity index (χ1) is 7.16. The lowest BCUT2D eigenvalue weighted by molar-refractivity contribution is 0.0817. The maximum atomic E-state index is 5.58. The van der Waals surface area contributed by atoms with Crippen molar-refractivity contribution in [1.82, 2.24) is 4.90 Å². The molecule has 0 bridgehead atoms. The SMILES string of the molecule is CC1OCCC1N(C)Cc1cc(Br)cs1. The molecule has 1 fully saturated rings. The van der Waals surface area contributed by atoms with Crippen LogP contribution < -0.4 is 0 Å². The van der Waals surface area contributed by atoms with Crippen LogP contribution in [-0.4, -0.2) is 30.7 Å². The van der Waals surface area contributed by atoms with Gasteiger partial charge >= 0.3 is 0 Å². The van der Waals surface area contributed by atoms with Gasteiger partial charge in [0.05, 0.1) is 6.10 Å². The van der Waals surface area contributed by atoms with Gasteiger partial charge in [0, 0.05) is 33.9 Å². The van der Waals surface area contributed by atoms with Crippen molar-refractivity contribution in [3.63, 3.8) is 0 Å². The summed E-state index contributed by atoms with van der Waals surface area (Å²) in [6.45, 7) is 4.09. The van der Waals surface area contributed by atoms with Crippen LogP contribution >= 0.6 is 27.3 Å². The van der Waals surface area contributed by atoms with Crippen LogP contribution in [-0.2, 0) is 11.3 Å². The van der Waals surface area contributed by atoms with Gasteiger partial charge in [0.25, 0.3) is 0 Å². The number of nitrogens with zero attached hydrogens (tertiary/aromatic N) is 1. The highest BCUT2D eigenvalue weighted by Crippen LogP contribution is 2.24. The van der Waals surface area contributed by atoms with Crippen molar-refractivity contribution in [3.05, 3.63) is 20.8 Å². The lowest BCUT2D eigenvalue weighted by atomic mass is 10.1. The molecule has 2 rings (SSSR count). The van der Waals surface area contributed by atoms with Crippen LogP contribution in [0.5, 0.6) is 0 Å². The molecule has 1 aromatic rings. The number of halogens is 1. The van der Waals surface area contributed by atoms with Crippen molar-refractivity contribution in [2.24, 2.45) is 0 Å². The van der Waals surface area contributed by atoms with E-state index in [0.29, 0.717) is 12.1 Å². The molecule has 2 nitrogen and oxygen atoms in total. The molecule has 1 aliphatic heterocycles. The van der Waals surface area contributed by atoms with Crippen molar-refractivity contribution in [3.8, 4) is 0 Å². The molecule has 0 spiro atoms. The largest absolute Gasteiger partial charge is 0.377 e. The molecule has 0 N–H and O–H groups in total. The molecule has 1 aliphatic rings. The first-order valence-corrected chi connectivity index (χ1v) is 6.89. The number of likely N-dealkylation sites (N-methyl/N-ethyl adjacent to an activating group) is 1. The highest BCUT2D eigenvalue weighted by molar-refractivity contribution is 9.10. The van der Waals surface area contributed by atoms with Crippen molar-refractivity contribution in [2.45, 2.75) is 32.0 Å². The second-order valence-electron chi connectivity index (χ2n) is 4.08. The van der Waals surface area contributed by atoms with Crippen LogP contribution in [0.3, 0.4) is 0 Å². The summed E-state index contributed by atoms with van der Waals surface area (Å²) in [5.74, 6) is 0. The highest BCUT2D eigenvalue weighted by Gasteiger charge is 2.27. The Hall–Kier alpha value is 0.1000. The summed E-state index contributed by atoms with van der Waals surface area (Å²) < 4.78 is 6.77. The van der Waals surface area contributed by atoms with Crippen molar-refractivity contribution < 1.29 is 4.74 Å². The fourth-order valence-electron chi connectivity index (χ4n) is 2.10. The number of hydrogen-bond acceptors (Lipinski definition) is 3. The molecule has 0 aromatic carbocycles. The first kappa shape index (κ1) is 11.6. The summed E-state index contributed by atoms with van der Waals surface area (Å²) in [7, 11) is 2.18. The molecule has 0 saturated carbocycles. The Morgan fingerprint density at radius 3 is 3.00 bits per heavy atom. The fourth-order valence-corrected chi connectivity index (χ4v) is 3.61. The van der Waals surface area contributed by atoms with Gasteiger partial charge in [0.15, 0.2) is 0 Å². The Morgan fingerprint density at radius 1 is 1.67 bits per heavy atom. The zero-order valence-electron chi connectivity index (χ0n) is 9.07. The normalized spacial score (nSPS) is 26.4. The Morgan fingerprint density at radius 2 is 2.47 bits per heavy atom. The van der Waals surface area contributed by atoms with Gasteiger partial charge in [-0.3, -0.25) is 4.90 Å². The minimum Gasteiger partial charge on any atom is -0.377 e. The zero-order chi connectivity index (χ0) is 10.8. The summed E-state index contributed by atoms with van der Waals surface area (Å²) in [5.41, 5.74) is 0. The maximum Gasteiger partial charge on any atom is 0.0703 e. The van der Waals surface area contributed by atoms with Gasteiger partial charge in [-0.2, -0.15) is 0 Å². The molecular formula is C11H16BrNOS. The van der Waals surface area contributed by atoms with Gasteiger partial charge in [-0.25, -0.2) is 0 Å².